The van der Waals surface area contributed by atoms with Gasteiger partial charge < -0.3 is 14.2 Å². The summed E-state index contributed by atoms with van der Waals surface area (Å²) in [4.78, 5) is 39.4. The van der Waals surface area contributed by atoms with Crippen molar-refractivity contribution >= 4 is 33.5 Å². The second kappa shape index (κ2) is 11.1. The molecule has 0 N–H and O–H groups in total. The molecule has 1 fully saturated rings. The molecule has 37 heavy (non-hydrogen) atoms. The van der Waals surface area contributed by atoms with E-state index in [-0.39, 0.29) is 29.1 Å². The van der Waals surface area contributed by atoms with Crippen LogP contribution in [-0.4, -0.2) is 70.7 Å². The van der Waals surface area contributed by atoms with Crippen LogP contribution >= 0.6 is 0 Å². The minimum atomic E-state index is -4.28. The minimum Gasteiger partial charge on any atom is -0.465 e. The molecule has 0 radical (unpaired) electrons. The van der Waals surface area contributed by atoms with E-state index in [0.29, 0.717) is 11.1 Å². The van der Waals surface area contributed by atoms with Gasteiger partial charge in [0.25, 0.3) is 5.91 Å². The molecular formula is C26H32N2O8S. The van der Waals surface area contributed by atoms with Crippen molar-refractivity contribution in [3.63, 3.8) is 0 Å². The molecule has 11 heteroatoms. The molecule has 0 aliphatic carbocycles. The molecule has 1 saturated heterocycles. The molecule has 200 valence electrons. The summed E-state index contributed by atoms with van der Waals surface area (Å²) >= 11 is 0. The Bertz CT molecular complexity index is 1290. The van der Waals surface area contributed by atoms with Crippen molar-refractivity contribution in [1.29, 1.82) is 0 Å². The fourth-order valence-corrected chi connectivity index (χ4v) is 6.59. The number of methoxy groups -OCH3 is 3. The number of sulfonamides is 1. The third-order valence-electron chi connectivity index (χ3n) is 6.74. The van der Waals surface area contributed by atoms with E-state index in [9.17, 15) is 22.8 Å². The van der Waals surface area contributed by atoms with Crippen LogP contribution in [0.1, 0.15) is 39.0 Å². The molecule has 2 aromatic rings. The normalized spacial score (nSPS) is 16.2. The summed E-state index contributed by atoms with van der Waals surface area (Å²) in [5.41, 5.74) is 3.17. The summed E-state index contributed by atoms with van der Waals surface area (Å²) in [6.07, 6.45) is -1.34. The molecule has 2 aromatic carbocycles. The zero-order valence-electron chi connectivity index (χ0n) is 22.0. The van der Waals surface area contributed by atoms with Crippen molar-refractivity contribution in [2.45, 2.75) is 51.3 Å². The summed E-state index contributed by atoms with van der Waals surface area (Å²) in [6.45, 7) is 6.77. The average molecular weight is 533 g/mol. The Balaban J connectivity index is 2.09. The lowest BCUT2D eigenvalue weighted by atomic mass is 10.0. The maximum atomic E-state index is 14.2. The number of benzene rings is 2. The van der Waals surface area contributed by atoms with E-state index in [0.717, 1.165) is 20.3 Å². The Kier molecular flexibility index (Phi) is 8.53. The fraction of sp³-hybridized carbons (Fsp3) is 0.423. The van der Waals surface area contributed by atoms with Crippen LogP contribution < -0.4 is 4.90 Å². The zero-order valence-corrected chi connectivity index (χ0v) is 22.8. The van der Waals surface area contributed by atoms with Crippen LogP contribution in [0, 0.1) is 27.7 Å². The van der Waals surface area contributed by atoms with Crippen molar-refractivity contribution in [3.8, 4) is 0 Å². The van der Waals surface area contributed by atoms with Crippen LogP contribution in [0.5, 0.6) is 0 Å². The first-order valence-electron chi connectivity index (χ1n) is 11.6. The van der Waals surface area contributed by atoms with Gasteiger partial charge in [0.15, 0.2) is 6.29 Å². The number of hydrogen-bond donors (Lipinski definition) is 0. The largest absolute Gasteiger partial charge is 0.465 e. The summed E-state index contributed by atoms with van der Waals surface area (Å²) in [6, 6.07) is 6.33. The van der Waals surface area contributed by atoms with Crippen LogP contribution in [0.2, 0.25) is 0 Å². The Morgan fingerprint density at radius 2 is 1.54 bits per heavy atom. The molecule has 0 saturated carbocycles. The molecule has 2 amide bonds. The SMILES string of the molecule is COC(=O)c1ccc(N2C(=O)CC(N(CC(OC)OC)S(=O)(=O)c3c(C)c(C)cc(C)c3C)C2=O)cc1. The van der Waals surface area contributed by atoms with E-state index in [1.54, 1.807) is 13.8 Å². The second-order valence-corrected chi connectivity index (χ2v) is 10.7. The monoisotopic (exact) mass is 532 g/mol. The lowest BCUT2D eigenvalue weighted by Crippen LogP contribution is -2.49. The standard InChI is InChI=1S/C26H32N2O8S/c1-15-12-16(2)18(4)24(17(15)3)37(32,33)27(14-23(34-5)35-6)21-13-22(29)28(25(21)30)20-10-8-19(9-11-20)26(31)36-7/h8-12,21,23H,13-14H2,1-7H3. The number of rotatable bonds is 9. The quantitative estimate of drug-likeness (QED) is 0.275. The zero-order chi connectivity index (χ0) is 27.7. The van der Waals surface area contributed by atoms with Gasteiger partial charge in [0.05, 0.1) is 36.2 Å². The first-order chi connectivity index (χ1) is 17.4. The fourth-order valence-electron chi connectivity index (χ4n) is 4.45. The van der Waals surface area contributed by atoms with Gasteiger partial charge in [-0.3, -0.25) is 9.59 Å². The highest BCUT2D eigenvalue weighted by atomic mass is 32.2. The van der Waals surface area contributed by atoms with Crippen molar-refractivity contribution in [2.24, 2.45) is 0 Å². The number of esters is 1. The highest BCUT2D eigenvalue weighted by molar-refractivity contribution is 7.89. The second-order valence-electron chi connectivity index (χ2n) is 8.89. The van der Waals surface area contributed by atoms with Gasteiger partial charge in [0.1, 0.15) is 6.04 Å². The molecule has 10 nitrogen and oxygen atoms in total. The number of ether oxygens (including phenoxy) is 3. The van der Waals surface area contributed by atoms with Crippen LogP contribution in [0.4, 0.5) is 5.69 Å². The number of carbonyl (C=O) groups excluding carboxylic acids is 3. The first-order valence-corrected chi connectivity index (χ1v) is 13.0. The molecule has 1 heterocycles. The van der Waals surface area contributed by atoms with Crippen molar-refractivity contribution in [2.75, 3.05) is 32.8 Å². The number of anilines is 1. The van der Waals surface area contributed by atoms with Gasteiger partial charge in [0, 0.05) is 14.2 Å². The van der Waals surface area contributed by atoms with Crippen molar-refractivity contribution < 1.29 is 37.0 Å². The van der Waals surface area contributed by atoms with E-state index in [1.807, 2.05) is 19.9 Å². The van der Waals surface area contributed by atoms with E-state index in [2.05, 4.69) is 4.74 Å². The number of amides is 2. The molecule has 0 bridgehead atoms. The summed E-state index contributed by atoms with van der Waals surface area (Å²) in [7, 11) is -0.303. The van der Waals surface area contributed by atoms with Crippen LogP contribution in [0.15, 0.2) is 35.2 Å². The molecule has 0 spiro atoms. The lowest BCUT2D eigenvalue weighted by molar-refractivity contribution is -0.125. The van der Waals surface area contributed by atoms with Gasteiger partial charge >= 0.3 is 5.97 Å². The first kappa shape index (κ1) is 28.5. The van der Waals surface area contributed by atoms with Crippen LogP contribution in [0.25, 0.3) is 0 Å². The summed E-state index contributed by atoms with van der Waals surface area (Å²) in [5.74, 6) is -1.84. The maximum absolute atomic E-state index is 14.2. The van der Waals surface area contributed by atoms with Crippen molar-refractivity contribution in [1.82, 2.24) is 4.31 Å². The number of imide groups is 1. The molecule has 1 aliphatic rings. The lowest BCUT2D eigenvalue weighted by Gasteiger charge is -2.31. The highest BCUT2D eigenvalue weighted by Crippen LogP contribution is 2.34. The molecule has 1 aliphatic heterocycles. The Labute approximate surface area is 217 Å². The molecule has 0 aromatic heterocycles. The number of nitrogens with zero attached hydrogens (tertiary/aromatic N) is 2. The third kappa shape index (κ3) is 5.30. The van der Waals surface area contributed by atoms with Gasteiger partial charge in [-0.2, -0.15) is 4.31 Å². The highest BCUT2D eigenvalue weighted by Gasteiger charge is 2.48. The molecular weight excluding hydrogens is 500 g/mol. The van der Waals surface area contributed by atoms with Gasteiger partial charge in [-0.1, -0.05) is 6.07 Å². The van der Waals surface area contributed by atoms with Crippen molar-refractivity contribution in [3.05, 3.63) is 58.1 Å². The van der Waals surface area contributed by atoms with E-state index in [4.69, 9.17) is 9.47 Å². The van der Waals surface area contributed by atoms with E-state index >= 15 is 0 Å². The number of carbonyl (C=O) groups is 3. The molecule has 1 unspecified atom stereocenters. The molecule has 3 rings (SSSR count). The Hall–Kier alpha value is -3.12. The maximum Gasteiger partial charge on any atom is 0.337 e. The number of aryl methyl sites for hydroxylation is 2. The van der Waals surface area contributed by atoms with Gasteiger partial charge in [-0.15, -0.1) is 0 Å². The number of hydrogen-bond acceptors (Lipinski definition) is 8. The van der Waals surface area contributed by atoms with Crippen LogP contribution in [-0.2, 0) is 33.8 Å². The van der Waals surface area contributed by atoms with Gasteiger partial charge in [0.2, 0.25) is 15.9 Å². The predicted molar refractivity (Wildman–Crippen MR) is 136 cm³/mol. The molecule has 1 atom stereocenters. The average Bonchev–Trinajstić information content (AvgIpc) is 3.16. The smallest absolute Gasteiger partial charge is 0.337 e. The van der Waals surface area contributed by atoms with Crippen LogP contribution in [0.3, 0.4) is 0 Å². The Morgan fingerprint density at radius 1 is 1.00 bits per heavy atom. The Morgan fingerprint density at radius 3 is 2.03 bits per heavy atom. The summed E-state index contributed by atoms with van der Waals surface area (Å²) < 4.78 is 44.5. The minimum absolute atomic E-state index is 0.0945. The topological polar surface area (TPSA) is 120 Å². The van der Waals surface area contributed by atoms with E-state index in [1.165, 1.54) is 45.6 Å². The third-order valence-corrected chi connectivity index (χ3v) is 8.89. The predicted octanol–water partition coefficient (Wildman–Crippen LogP) is 2.65. The van der Waals surface area contributed by atoms with Gasteiger partial charge in [-0.05, 0) is 74.2 Å². The van der Waals surface area contributed by atoms with E-state index < -0.39 is 40.1 Å². The van der Waals surface area contributed by atoms with Gasteiger partial charge in [-0.25, -0.2) is 18.1 Å². The summed E-state index contributed by atoms with van der Waals surface area (Å²) in [5, 5.41) is 0.